The molecule has 2 aromatic carbocycles. The Morgan fingerprint density at radius 2 is 1.83 bits per heavy atom. The van der Waals surface area contributed by atoms with Gasteiger partial charge in [-0.2, -0.15) is 0 Å². The van der Waals surface area contributed by atoms with Crippen LogP contribution < -0.4 is 10.5 Å². The lowest BCUT2D eigenvalue weighted by Crippen LogP contribution is -1.95. The van der Waals surface area contributed by atoms with Crippen molar-refractivity contribution in [3.8, 4) is 27.6 Å². The number of benzene rings is 2. The molecule has 3 rings (SSSR count). The Bertz CT molecular complexity index is 828. The lowest BCUT2D eigenvalue weighted by Gasteiger charge is -2.05. The molecule has 0 radical (unpaired) electrons. The lowest BCUT2D eigenvalue weighted by atomic mass is 10.1. The second kappa shape index (κ2) is 6.71. The molecule has 0 fully saturated rings. The molecule has 23 heavy (non-hydrogen) atoms. The quantitative estimate of drug-likeness (QED) is 0.731. The first-order valence-electron chi connectivity index (χ1n) is 7.23. The van der Waals surface area contributed by atoms with Crippen LogP contribution in [0.3, 0.4) is 0 Å². The minimum atomic E-state index is 0.548. The van der Waals surface area contributed by atoms with Crippen LogP contribution in [0.2, 0.25) is 5.02 Å². The van der Waals surface area contributed by atoms with Crippen molar-refractivity contribution in [1.82, 2.24) is 4.98 Å². The molecular formula is C18H17ClN2OS. The van der Waals surface area contributed by atoms with Gasteiger partial charge in [0.2, 0.25) is 0 Å². The highest BCUT2D eigenvalue weighted by Gasteiger charge is 2.13. The molecular weight excluding hydrogens is 328 g/mol. The summed E-state index contributed by atoms with van der Waals surface area (Å²) in [6.07, 6.45) is 0. The van der Waals surface area contributed by atoms with Crippen LogP contribution in [0.4, 0.5) is 0 Å². The number of aromatic nitrogens is 1. The highest BCUT2D eigenvalue weighted by molar-refractivity contribution is 7.15. The number of nitrogens with zero attached hydrogens (tertiary/aromatic N) is 1. The zero-order chi connectivity index (χ0) is 16.4. The molecule has 0 bridgehead atoms. The second-order valence-electron chi connectivity index (χ2n) is 5.17. The molecule has 0 saturated heterocycles. The molecule has 0 amide bonds. The summed E-state index contributed by atoms with van der Waals surface area (Å²) in [6, 6.07) is 13.9. The summed E-state index contributed by atoms with van der Waals surface area (Å²) in [5.41, 5.74) is 9.81. The van der Waals surface area contributed by atoms with Gasteiger partial charge in [0.05, 0.1) is 17.8 Å². The van der Waals surface area contributed by atoms with Crippen LogP contribution >= 0.6 is 22.9 Å². The van der Waals surface area contributed by atoms with Gasteiger partial charge in [-0.25, -0.2) is 4.98 Å². The molecule has 0 aliphatic rings. The van der Waals surface area contributed by atoms with Crippen molar-refractivity contribution >= 4 is 22.9 Å². The minimum absolute atomic E-state index is 0.548. The van der Waals surface area contributed by atoms with E-state index in [1.54, 1.807) is 18.4 Å². The average Bonchev–Trinajstić information content (AvgIpc) is 2.96. The Hall–Kier alpha value is -1.88. The van der Waals surface area contributed by atoms with Crippen LogP contribution in [0.25, 0.3) is 21.8 Å². The lowest BCUT2D eigenvalue weighted by molar-refractivity contribution is 0.415. The maximum absolute atomic E-state index is 6.23. The summed E-state index contributed by atoms with van der Waals surface area (Å²) in [4.78, 5) is 5.95. The third-order valence-electron chi connectivity index (χ3n) is 3.66. The maximum atomic E-state index is 6.23. The van der Waals surface area contributed by atoms with Gasteiger partial charge in [-0.15, -0.1) is 11.3 Å². The highest BCUT2D eigenvalue weighted by atomic mass is 35.5. The Morgan fingerprint density at radius 3 is 2.43 bits per heavy atom. The predicted octanol–water partition coefficient (Wildman–Crippen LogP) is 4.91. The number of rotatable bonds is 4. The predicted molar refractivity (Wildman–Crippen MR) is 97.2 cm³/mol. The topological polar surface area (TPSA) is 48.1 Å². The van der Waals surface area contributed by atoms with Gasteiger partial charge in [0.25, 0.3) is 0 Å². The normalized spacial score (nSPS) is 10.8. The van der Waals surface area contributed by atoms with E-state index in [9.17, 15) is 0 Å². The van der Waals surface area contributed by atoms with E-state index in [-0.39, 0.29) is 0 Å². The minimum Gasteiger partial charge on any atom is -0.495 e. The fraction of sp³-hybridized carbons (Fsp3) is 0.167. The number of halogens is 1. The molecule has 0 atom stereocenters. The van der Waals surface area contributed by atoms with E-state index in [1.165, 1.54) is 0 Å². The molecule has 0 aliphatic heterocycles. The standard InChI is InChI=1S/C18H17ClN2OS/c1-11-17(14-7-8-16(22-2)15(19)9-14)21-18(23-11)13-5-3-12(10-20)4-6-13/h3-9H,10,20H2,1-2H3. The van der Waals surface area contributed by atoms with Gasteiger partial charge in [0.1, 0.15) is 10.8 Å². The van der Waals surface area contributed by atoms with Crippen LogP contribution in [-0.4, -0.2) is 12.1 Å². The van der Waals surface area contributed by atoms with E-state index in [2.05, 4.69) is 19.1 Å². The van der Waals surface area contributed by atoms with Gasteiger partial charge in [-0.05, 0) is 30.7 Å². The van der Waals surface area contributed by atoms with Crippen LogP contribution in [-0.2, 0) is 6.54 Å². The van der Waals surface area contributed by atoms with E-state index < -0.39 is 0 Å². The Labute approximate surface area is 144 Å². The number of aryl methyl sites for hydroxylation is 1. The highest BCUT2D eigenvalue weighted by Crippen LogP contribution is 2.36. The monoisotopic (exact) mass is 344 g/mol. The van der Waals surface area contributed by atoms with Gasteiger partial charge in [0.15, 0.2) is 0 Å². The third-order valence-corrected chi connectivity index (χ3v) is 4.97. The molecule has 1 aromatic heterocycles. The SMILES string of the molecule is COc1ccc(-c2nc(-c3ccc(CN)cc3)sc2C)cc1Cl. The van der Waals surface area contributed by atoms with Crippen LogP contribution in [0.5, 0.6) is 5.75 Å². The van der Waals surface area contributed by atoms with Crippen LogP contribution in [0.1, 0.15) is 10.4 Å². The van der Waals surface area contributed by atoms with Crippen molar-refractivity contribution < 1.29 is 4.74 Å². The fourth-order valence-electron chi connectivity index (χ4n) is 2.38. The second-order valence-corrected chi connectivity index (χ2v) is 6.78. The number of thiazole rings is 1. The molecule has 0 aliphatic carbocycles. The number of ether oxygens (including phenoxy) is 1. The summed E-state index contributed by atoms with van der Waals surface area (Å²) in [6.45, 7) is 2.62. The number of hydrogen-bond donors (Lipinski definition) is 1. The zero-order valence-electron chi connectivity index (χ0n) is 13.0. The first-order chi connectivity index (χ1) is 11.1. The van der Waals surface area contributed by atoms with Crippen LogP contribution in [0, 0.1) is 6.92 Å². The van der Waals surface area contributed by atoms with E-state index in [4.69, 9.17) is 27.1 Å². The molecule has 0 saturated carbocycles. The van der Waals surface area contributed by atoms with Gasteiger partial charge in [-0.3, -0.25) is 0 Å². The molecule has 0 unspecified atom stereocenters. The average molecular weight is 345 g/mol. The van der Waals surface area contributed by atoms with Crippen LogP contribution in [0.15, 0.2) is 42.5 Å². The van der Waals surface area contributed by atoms with Crippen molar-refractivity contribution in [2.24, 2.45) is 5.73 Å². The molecule has 1 heterocycles. The van der Waals surface area contributed by atoms with Crippen molar-refractivity contribution in [3.63, 3.8) is 0 Å². The van der Waals surface area contributed by atoms with E-state index in [0.717, 1.165) is 32.3 Å². The fourth-order valence-corrected chi connectivity index (χ4v) is 3.58. The van der Waals surface area contributed by atoms with E-state index in [0.29, 0.717) is 17.3 Å². The first kappa shape index (κ1) is 16.0. The summed E-state index contributed by atoms with van der Waals surface area (Å²) in [5.74, 6) is 0.667. The summed E-state index contributed by atoms with van der Waals surface area (Å²) >= 11 is 7.90. The Balaban J connectivity index is 1.98. The Kier molecular flexibility index (Phi) is 4.66. The summed E-state index contributed by atoms with van der Waals surface area (Å²) < 4.78 is 5.20. The summed E-state index contributed by atoms with van der Waals surface area (Å²) in [5, 5.41) is 1.58. The first-order valence-corrected chi connectivity index (χ1v) is 8.42. The Morgan fingerprint density at radius 1 is 1.13 bits per heavy atom. The number of hydrogen-bond acceptors (Lipinski definition) is 4. The molecule has 0 spiro atoms. The van der Waals surface area contributed by atoms with E-state index >= 15 is 0 Å². The zero-order valence-corrected chi connectivity index (χ0v) is 14.5. The number of methoxy groups -OCH3 is 1. The summed E-state index contributed by atoms with van der Waals surface area (Å²) in [7, 11) is 1.61. The molecule has 3 aromatic rings. The van der Waals surface area contributed by atoms with Gasteiger partial charge in [-0.1, -0.05) is 35.9 Å². The van der Waals surface area contributed by atoms with Crippen molar-refractivity contribution in [3.05, 3.63) is 57.9 Å². The van der Waals surface area contributed by atoms with Crippen molar-refractivity contribution in [2.75, 3.05) is 7.11 Å². The molecule has 5 heteroatoms. The van der Waals surface area contributed by atoms with Crippen molar-refractivity contribution in [1.29, 1.82) is 0 Å². The third kappa shape index (κ3) is 3.24. The molecule has 118 valence electrons. The van der Waals surface area contributed by atoms with Gasteiger partial charge < -0.3 is 10.5 Å². The van der Waals surface area contributed by atoms with Gasteiger partial charge >= 0.3 is 0 Å². The largest absolute Gasteiger partial charge is 0.495 e. The molecule has 2 N–H and O–H groups in total. The molecule has 3 nitrogen and oxygen atoms in total. The number of nitrogens with two attached hydrogens (primary N) is 1. The van der Waals surface area contributed by atoms with E-state index in [1.807, 2.05) is 30.3 Å². The van der Waals surface area contributed by atoms with Crippen molar-refractivity contribution in [2.45, 2.75) is 13.5 Å². The smallest absolute Gasteiger partial charge is 0.137 e. The maximum Gasteiger partial charge on any atom is 0.137 e. The van der Waals surface area contributed by atoms with Gasteiger partial charge in [0, 0.05) is 22.5 Å².